The molecule has 1 unspecified atom stereocenters. The van der Waals surface area contributed by atoms with E-state index in [9.17, 15) is 24.6 Å². The van der Waals surface area contributed by atoms with Crippen molar-refractivity contribution in [2.45, 2.75) is 12.5 Å². The van der Waals surface area contributed by atoms with E-state index in [0.717, 1.165) is 12.1 Å². The molecule has 1 aliphatic rings. The molecule has 9 nitrogen and oxygen atoms in total. The van der Waals surface area contributed by atoms with Gasteiger partial charge in [-0.2, -0.15) is 0 Å². The van der Waals surface area contributed by atoms with Crippen LogP contribution in [0.2, 0.25) is 0 Å². The van der Waals surface area contributed by atoms with Gasteiger partial charge in [0.05, 0.1) is 16.8 Å². The topological polar surface area (TPSA) is 141 Å². The molecule has 3 N–H and O–H groups in total. The largest absolute Gasteiger partial charge is 0.871 e. The Morgan fingerprint density at radius 1 is 1.08 bits per heavy atom. The highest BCUT2D eigenvalue weighted by atomic mass is 16.8. The Bertz CT molecular complexity index is 875. The molecule has 1 aliphatic heterocycles. The van der Waals surface area contributed by atoms with Gasteiger partial charge in [-0.15, -0.1) is 5.23 Å². The number of aliphatic carboxylic acids is 1. The highest BCUT2D eigenvalue weighted by Crippen LogP contribution is 2.28. The van der Waals surface area contributed by atoms with Gasteiger partial charge in [-0.05, 0) is 23.8 Å². The molecule has 1 atom stereocenters. The molecule has 26 heavy (non-hydrogen) atoms. The van der Waals surface area contributed by atoms with Crippen LogP contribution in [-0.4, -0.2) is 44.2 Å². The van der Waals surface area contributed by atoms with E-state index in [0.29, 0.717) is 4.90 Å². The molecule has 0 radical (unpaired) electrons. The summed E-state index contributed by atoms with van der Waals surface area (Å²) in [6.45, 7) is 0. The van der Waals surface area contributed by atoms with Crippen LogP contribution in [0.4, 0.5) is 5.69 Å². The van der Waals surface area contributed by atoms with E-state index in [1.165, 1.54) is 18.2 Å². The number of carboxylic acids is 1. The van der Waals surface area contributed by atoms with Crippen molar-refractivity contribution in [1.82, 2.24) is 4.90 Å². The molecule has 1 heterocycles. The van der Waals surface area contributed by atoms with Crippen molar-refractivity contribution in [3.63, 3.8) is 0 Å². The molecule has 0 bridgehead atoms. The summed E-state index contributed by atoms with van der Waals surface area (Å²) in [4.78, 5) is 37.3. The maximum absolute atomic E-state index is 12.5. The normalized spacial score (nSPS) is 14.3. The van der Waals surface area contributed by atoms with Crippen LogP contribution in [0, 0.1) is 0 Å². The second kappa shape index (κ2) is 6.47. The lowest BCUT2D eigenvalue weighted by atomic mass is 10.0. The number of hydrogen-bond acceptors (Lipinski definition) is 7. The SMILES string of the molecule is O=C(O)C(Cc1ccc([O-])c(N(O)O)c1)N1C(=O)c2ccccc2C1=O. The van der Waals surface area contributed by atoms with E-state index >= 15 is 0 Å². The first kappa shape index (κ1) is 17.4. The van der Waals surface area contributed by atoms with Crippen LogP contribution in [0.15, 0.2) is 42.5 Å². The third kappa shape index (κ3) is 2.85. The number of amides is 2. The lowest BCUT2D eigenvalue weighted by Crippen LogP contribution is -2.46. The molecular weight excluding hydrogens is 344 g/mol. The van der Waals surface area contributed by atoms with Crippen LogP contribution >= 0.6 is 0 Å². The molecule has 3 rings (SSSR count). The van der Waals surface area contributed by atoms with E-state index in [4.69, 9.17) is 10.4 Å². The Labute approximate surface area is 146 Å². The number of anilines is 1. The lowest BCUT2D eigenvalue weighted by molar-refractivity contribution is -0.268. The zero-order valence-electron chi connectivity index (χ0n) is 13.2. The van der Waals surface area contributed by atoms with Crippen molar-refractivity contribution in [2.24, 2.45) is 0 Å². The quantitative estimate of drug-likeness (QED) is 0.523. The minimum atomic E-state index is -1.52. The first-order valence-corrected chi connectivity index (χ1v) is 7.48. The lowest BCUT2D eigenvalue weighted by Gasteiger charge is -2.24. The summed E-state index contributed by atoms with van der Waals surface area (Å²) in [6, 6.07) is 7.91. The van der Waals surface area contributed by atoms with E-state index in [2.05, 4.69) is 0 Å². The molecule has 2 amide bonds. The zero-order valence-corrected chi connectivity index (χ0v) is 13.2. The highest BCUT2D eigenvalue weighted by Gasteiger charge is 2.42. The van der Waals surface area contributed by atoms with Crippen LogP contribution in [0.5, 0.6) is 5.75 Å². The number of hydrogen-bond donors (Lipinski definition) is 3. The van der Waals surface area contributed by atoms with Crippen molar-refractivity contribution in [3.05, 3.63) is 59.2 Å². The maximum Gasteiger partial charge on any atom is 0.327 e. The average Bonchev–Trinajstić information content (AvgIpc) is 2.85. The van der Waals surface area contributed by atoms with Crippen molar-refractivity contribution in [3.8, 4) is 5.75 Å². The predicted molar refractivity (Wildman–Crippen MR) is 84.0 cm³/mol. The van der Waals surface area contributed by atoms with Gasteiger partial charge in [0.15, 0.2) is 0 Å². The third-order valence-corrected chi connectivity index (χ3v) is 4.09. The Morgan fingerprint density at radius 3 is 2.15 bits per heavy atom. The molecule has 0 aromatic heterocycles. The summed E-state index contributed by atoms with van der Waals surface area (Å²) in [5, 5.41) is 38.8. The fraction of sp³-hybridized carbons (Fsp3) is 0.118. The molecule has 134 valence electrons. The van der Waals surface area contributed by atoms with Crippen LogP contribution in [0.3, 0.4) is 0 Å². The summed E-state index contributed by atoms with van der Waals surface area (Å²) in [6.07, 6.45) is -0.304. The van der Waals surface area contributed by atoms with Crippen LogP contribution < -0.4 is 10.3 Å². The van der Waals surface area contributed by atoms with Gasteiger partial charge in [-0.25, -0.2) is 4.79 Å². The molecule has 2 aromatic carbocycles. The number of benzene rings is 2. The fourth-order valence-electron chi connectivity index (χ4n) is 2.85. The first-order chi connectivity index (χ1) is 12.3. The van der Waals surface area contributed by atoms with E-state index in [-0.39, 0.29) is 28.3 Å². The number of imide groups is 1. The smallest absolute Gasteiger partial charge is 0.327 e. The predicted octanol–water partition coefficient (Wildman–Crippen LogP) is 0.637. The van der Waals surface area contributed by atoms with Gasteiger partial charge in [-0.1, -0.05) is 30.0 Å². The maximum atomic E-state index is 12.5. The second-order valence-electron chi connectivity index (χ2n) is 5.68. The number of carbonyl (C=O) groups excluding carboxylic acids is 2. The standard InChI is InChI=1S/C17H14N2O7/c20-14-6-5-9(7-12(14)19(25)26)8-13(17(23)24)18-15(21)10-3-1-2-4-11(10)16(18)22/h1-7,13,20,25-26H,8H2,(H,23,24)/p-1. The summed E-state index contributed by atoms with van der Waals surface area (Å²) < 4.78 is 0. The zero-order chi connectivity index (χ0) is 19.0. The summed E-state index contributed by atoms with van der Waals surface area (Å²) in [7, 11) is 0. The Morgan fingerprint density at radius 2 is 1.65 bits per heavy atom. The number of rotatable bonds is 5. The monoisotopic (exact) mass is 357 g/mol. The van der Waals surface area contributed by atoms with Gasteiger partial charge in [-0.3, -0.25) is 24.9 Å². The molecule has 0 saturated heterocycles. The van der Waals surface area contributed by atoms with Gasteiger partial charge in [0.25, 0.3) is 11.8 Å². The average molecular weight is 357 g/mol. The first-order valence-electron chi connectivity index (χ1n) is 7.48. The summed E-state index contributed by atoms with van der Waals surface area (Å²) in [5.41, 5.74) is -0.00173. The van der Waals surface area contributed by atoms with Gasteiger partial charge < -0.3 is 10.2 Å². The number of carbonyl (C=O) groups is 3. The van der Waals surface area contributed by atoms with Gasteiger partial charge in [0.1, 0.15) is 6.04 Å². The Kier molecular flexibility index (Phi) is 4.33. The van der Waals surface area contributed by atoms with Crippen molar-refractivity contribution >= 4 is 23.5 Å². The highest BCUT2D eigenvalue weighted by molar-refractivity contribution is 6.22. The van der Waals surface area contributed by atoms with Crippen LogP contribution in [0.25, 0.3) is 0 Å². The Hall–Kier alpha value is -3.43. The van der Waals surface area contributed by atoms with Crippen LogP contribution in [0.1, 0.15) is 26.3 Å². The van der Waals surface area contributed by atoms with E-state index in [1.54, 1.807) is 12.1 Å². The van der Waals surface area contributed by atoms with Crippen molar-refractivity contribution < 1.29 is 35.0 Å². The molecule has 2 aromatic rings. The molecule has 9 heteroatoms. The molecule has 0 spiro atoms. The molecule has 0 saturated carbocycles. The summed E-state index contributed by atoms with van der Waals surface area (Å²) in [5.74, 6) is -3.53. The second-order valence-corrected chi connectivity index (χ2v) is 5.68. The minimum absolute atomic E-state index is 0.122. The van der Waals surface area contributed by atoms with Crippen LogP contribution in [-0.2, 0) is 11.2 Å². The van der Waals surface area contributed by atoms with Gasteiger partial charge in [0, 0.05) is 6.42 Å². The summed E-state index contributed by atoms with van der Waals surface area (Å²) >= 11 is 0. The number of carboxylic acid groups (broad SMARTS) is 1. The minimum Gasteiger partial charge on any atom is -0.871 e. The third-order valence-electron chi connectivity index (χ3n) is 4.09. The van der Waals surface area contributed by atoms with Gasteiger partial charge >= 0.3 is 5.97 Å². The number of nitrogens with zero attached hydrogens (tertiary/aromatic N) is 2. The molecule has 0 aliphatic carbocycles. The Balaban J connectivity index is 1.95. The van der Waals surface area contributed by atoms with Gasteiger partial charge in [0.2, 0.25) is 0 Å². The van der Waals surface area contributed by atoms with Crippen molar-refractivity contribution in [2.75, 3.05) is 5.23 Å². The number of fused-ring (bicyclic) bond motifs is 1. The van der Waals surface area contributed by atoms with E-state index < -0.39 is 35.3 Å². The van der Waals surface area contributed by atoms with E-state index in [1.807, 2.05) is 0 Å². The molecule has 0 fully saturated rings. The molecular formula is C17H13N2O7-. The fourth-order valence-corrected chi connectivity index (χ4v) is 2.85. The van der Waals surface area contributed by atoms with Crippen molar-refractivity contribution in [1.29, 1.82) is 0 Å².